The van der Waals surface area contributed by atoms with Crippen molar-refractivity contribution in [3.63, 3.8) is 0 Å². The first-order chi connectivity index (χ1) is 12.5. The van der Waals surface area contributed by atoms with Crippen LogP contribution in [-0.2, 0) is 0 Å². The molecular weight excluding hydrogens is 328 g/mol. The molecule has 0 aliphatic rings. The second kappa shape index (κ2) is 9.63. The summed E-state index contributed by atoms with van der Waals surface area (Å²) < 4.78 is 10.5. The molecule has 5 heteroatoms. The topological polar surface area (TPSA) is 50.8 Å². The predicted molar refractivity (Wildman–Crippen MR) is 106 cm³/mol. The average Bonchev–Trinajstić information content (AvgIpc) is 2.66. The molecule has 2 aromatic rings. The normalized spacial score (nSPS) is 11.0. The number of para-hydroxylation sites is 1. The quantitative estimate of drug-likeness (QED) is 0.551. The van der Waals surface area contributed by atoms with E-state index in [-0.39, 0.29) is 5.78 Å². The van der Waals surface area contributed by atoms with Crippen molar-refractivity contribution >= 4 is 17.5 Å². The molecule has 138 valence electrons. The molecule has 0 saturated carbocycles. The van der Waals surface area contributed by atoms with Gasteiger partial charge in [-0.3, -0.25) is 4.79 Å². The van der Waals surface area contributed by atoms with E-state index in [4.69, 9.17) is 9.47 Å². The summed E-state index contributed by atoms with van der Waals surface area (Å²) in [7, 11) is 7.19. The molecule has 1 N–H and O–H groups in total. The summed E-state index contributed by atoms with van der Waals surface area (Å²) in [6.07, 6.45) is 3.39. The van der Waals surface area contributed by atoms with E-state index in [1.54, 1.807) is 38.5 Å². The smallest absolute Gasteiger partial charge is 0.189 e. The number of ether oxygens (including phenoxy) is 2. The van der Waals surface area contributed by atoms with Crippen LogP contribution in [0.5, 0.6) is 11.5 Å². The van der Waals surface area contributed by atoms with Gasteiger partial charge in [-0.25, -0.2) is 0 Å². The standard InChI is InChI=1S/C21H26N2O3/c1-23(2)14-13-22-19-8-6-5-7-16(19)9-12-20(24)18-11-10-17(25-3)15-21(18)26-4/h5-12,15,22H,13-14H2,1-4H3/b12-9+. The molecule has 0 aromatic heterocycles. The molecule has 0 spiro atoms. The van der Waals surface area contributed by atoms with Crippen molar-refractivity contribution in [1.29, 1.82) is 0 Å². The van der Waals surface area contributed by atoms with Gasteiger partial charge in [0.25, 0.3) is 0 Å². The zero-order valence-corrected chi connectivity index (χ0v) is 15.8. The highest BCUT2D eigenvalue weighted by molar-refractivity contribution is 6.09. The van der Waals surface area contributed by atoms with E-state index >= 15 is 0 Å². The number of nitrogens with one attached hydrogen (secondary N) is 1. The van der Waals surface area contributed by atoms with Gasteiger partial charge in [-0.15, -0.1) is 0 Å². The number of methoxy groups -OCH3 is 2. The Hall–Kier alpha value is -2.79. The Balaban J connectivity index is 2.16. The maximum absolute atomic E-state index is 12.6. The molecule has 0 heterocycles. The fourth-order valence-corrected chi connectivity index (χ4v) is 2.47. The van der Waals surface area contributed by atoms with E-state index in [9.17, 15) is 4.79 Å². The molecule has 0 aliphatic heterocycles. The minimum atomic E-state index is -0.118. The largest absolute Gasteiger partial charge is 0.497 e. The number of allylic oxidation sites excluding steroid dienone is 1. The van der Waals surface area contributed by atoms with E-state index < -0.39 is 0 Å². The van der Waals surface area contributed by atoms with Crippen LogP contribution in [0.2, 0.25) is 0 Å². The molecule has 0 radical (unpaired) electrons. The van der Waals surface area contributed by atoms with Crippen molar-refractivity contribution in [3.05, 3.63) is 59.7 Å². The van der Waals surface area contributed by atoms with Crippen LogP contribution in [0.25, 0.3) is 6.08 Å². The molecule has 2 aromatic carbocycles. The molecule has 0 unspecified atom stereocenters. The number of likely N-dealkylation sites (N-methyl/N-ethyl adjacent to an activating group) is 1. The third-order valence-corrected chi connectivity index (χ3v) is 3.92. The summed E-state index contributed by atoms with van der Waals surface area (Å²) in [4.78, 5) is 14.7. The fourth-order valence-electron chi connectivity index (χ4n) is 2.47. The predicted octanol–water partition coefficient (Wildman–Crippen LogP) is 3.57. The Kier molecular flexibility index (Phi) is 7.24. The van der Waals surface area contributed by atoms with Gasteiger partial charge in [0.1, 0.15) is 11.5 Å². The number of hydrogen-bond acceptors (Lipinski definition) is 5. The van der Waals surface area contributed by atoms with Gasteiger partial charge in [-0.05, 0) is 50.0 Å². The number of ketones is 1. The first kappa shape index (κ1) is 19.5. The van der Waals surface area contributed by atoms with E-state index in [1.807, 2.05) is 44.4 Å². The number of anilines is 1. The molecule has 0 fully saturated rings. The third-order valence-electron chi connectivity index (χ3n) is 3.92. The zero-order chi connectivity index (χ0) is 18.9. The van der Waals surface area contributed by atoms with Crippen molar-refractivity contribution < 1.29 is 14.3 Å². The number of carbonyl (C=O) groups excluding carboxylic acids is 1. The molecule has 5 nitrogen and oxygen atoms in total. The lowest BCUT2D eigenvalue weighted by Gasteiger charge is -2.13. The van der Waals surface area contributed by atoms with Crippen molar-refractivity contribution in [2.24, 2.45) is 0 Å². The Labute approximate surface area is 155 Å². The lowest BCUT2D eigenvalue weighted by molar-refractivity contribution is 0.104. The van der Waals surface area contributed by atoms with Gasteiger partial charge in [0.15, 0.2) is 5.78 Å². The van der Waals surface area contributed by atoms with Crippen molar-refractivity contribution in [1.82, 2.24) is 4.90 Å². The number of hydrogen-bond donors (Lipinski definition) is 1. The number of carbonyl (C=O) groups is 1. The van der Waals surface area contributed by atoms with E-state index in [2.05, 4.69) is 10.2 Å². The van der Waals surface area contributed by atoms with Gasteiger partial charge < -0.3 is 19.7 Å². The summed E-state index contributed by atoms with van der Waals surface area (Å²) in [5.41, 5.74) is 2.47. The molecule has 0 amide bonds. The fraction of sp³-hybridized carbons (Fsp3) is 0.286. The second-order valence-electron chi connectivity index (χ2n) is 6.08. The maximum atomic E-state index is 12.6. The highest BCUT2D eigenvalue weighted by Gasteiger charge is 2.11. The molecule has 2 rings (SSSR count). The average molecular weight is 354 g/mol. The van der Waals surface area contributed by atoms with Gasteiger partial charge >= 0.3 is 0 Å². The van der Waals surface area contributed by atoms with Gasteiger partial charge in [0.2, 0.25) is 0 Å². The van der Waals surface area contributed by atoms with Crippen molar-refractivity contribution in [3.8, 4) is 11.5 Å². The minimum Gasteiger partial charge on any atom is -0.497 e. The minimum absolute atomic E-state index is 0.118. The Morgan fingerprint density at radius 3 is 2.58 bits per heavy atom. The van der Waals surface area contributed by atoms with E-state index in [0.717, 1.165) is 24.3 Å². The summed E-state index contributed by atoms with van der Waals surface area (Å²) in [6.45, 7) is 1.76. The SMILES string of the molecule is COc1ccc(C(=O)/C=C/c2ccccc2NCCN(C)C)c(OC)c1. The molecule has 0 bridgehead atoms. The second-order valence-corrected chi connectivity index (χ2v) is 6.08. The van der Waals surface area contributed by atoms with Crippen LogP contribution in [0.15, 0.2) is 48.5 Å². The maximum Gasteiger partial charge on any atom is 0.189 e. The van der Waals surface area contributed by atoms with Gasteiger partial charge in [-0.1, -0.05) is 18.2 Å². The van der Waals surface area contributed by atoms with Gasteiger partial charge in [0, 0.05) is 24.8 Å². The number of rotatable bonds is 9. The summed E-state index contributed by atoms with van der Waals surface area (Å²) in [5.74, 6) is 1.03. The van der Waals surface area contributed by atoms with Crippen LogP contribution < -0.4 is 14.8 Å². The first-order valence-electron chi connectivity index (χ1n) is 8.47. The Bertz CT molecular complexity index is 770. The Morgan fingerprint density at radius 2 is 1.88 bits per heavy atom. The van der Waals surface area contributed by atoms with E-state index in [1.165, 1.54) is 0 Å². The zero-order valence-electron chi connectivity index (χ0n) is 15.8. The molecule has 0 aliphatic carbocycles. The summed E-state index contributed by atoms with van der Waals surface area (Å²) >= 11 is 0. The lowest BCUT2D eigenvalue weighted by atomic mass is 10.1. The van der Waals surface area contributed by atoms with Crippen molar-refractivity contribution in [2.45, 2.75) is 0 Å². The van der Waals surface area contributed by atoms with Gasteiger partial charge in [0.05, 0.1) is 19.8 Å². The van der Waals surface area contributed by atoms with Crippen LogP contribution in [0.4, 0.5) is 5.69 Å². The van der Waals surface area contributed by atoms with Crippen LogP contribution in [-0.4, -0.2) is 52.1 Å². The Morgan fingerprint density at radius 1 is 1.12 bits per heavy atom. The lowest BCUT2D eigenvalue weighted by Crippen LogP contribution is -2.21. The molecular formula is C21H26N2O3. The van der Waals surface area contributed by atoms with E-state index in [0.29, 0.717) is 17.1 Å². The highest BCUT2D eigenvalue weighted by atomic mass is 16.5. The van der Waals surface area contributed by atoms with Crippen LogP contribution in [0.3, 0.4) is 0 Å². The summed E-state index contributed by atoms with van der Waals surface area (Å²) in [6, 6.07) is 13.1. The highest BCUT2D eigenvalue weighted by Crippen LogP contribution is 2.25. The molecule has 0 atom stereocenters. The van der Waals surface area contributed by atoms with Crippen LogP contribution in [0, 0.1) is 0 Å². The molecule has 26 heavy (non-hydrogen) atoms. The van der Waals surface area contributed by atoms with Crippen LogP contribution in [0.1, 0.15) is 15.9 Å². The monoisotopic (exact) mass is 354 g/mol. The van der Waals surface area contributed by atoms with Crippen molar-refractivity contribution in [2.75, 3.05) is 46.7 Å². The molecule has 0 saturated heterocycles. The number of benzene rings is 2. The third kappa shape index (κ3) is 5.36. The summed E-state index contributed by atoms with van der Waals surface area (Å²) in [5, 5.41) is 3.40. The number of nitrogens with zero attached hydrogens (tertiary/aromatic N) is 1. The first-order valence-corrected chi connectivity index (χ1v) is 8.47. The van der Waals surface area contributed by atoms with Crippen LogP contribution >= 0.6 is 0 Å². The van der Waals surface area contributed by atoms with Gasteiger partial charge in [-0.2, -0.15) is 0 Å².